The van der Waals surface area contributed by atoms with Crippen LogP contribution in [-0.4, -0.2) is 18.5 Å². The van der Waals surface area contributed by atoms with Crippen LogP contribution in [0, 0.1) is 11.3 Å². The predicted molar refractivity (Wildman–Crippen MR) is 75.2 cm³/mol. The molecule has 6 heteroatoms. The van der Waals surface area contributed by atoms with Crippen molar-refractivity contribution >= 4 is 29.2 Å². The summed E-state index contributed by atoms with van der Waals surface area (Å²) in [6.45, 7) is 3.05. The van der Waals surface area contributed by atoms with Crippen LogP contribution in [0.15, 0.2) is 29.8 Å². The maximum absolute atomic E-state index is 11.6. The number of carbonyl (C=O) groups excluding carboxylic acids is 2. The lowest BCUT2D eigenvalue weighted by Gasteiger charge is -2.07. The molecule has 1 N–H and O–H groups in total. The van der Waals surface area contributed by atoms with Gasteiger partial charge in [-0.3, -0.25) is 4.79 Å². The second-order valence-electron chi connectivity index (χ2n) is 4.18. The van der Waals surface area contributed by atoms with Crippen molar-refractivity contribution in [1.82, 2.24) is 0 Å². The van der Waals surface area contributed by atoms with Gasteiger partial charge in [-0.15, -0.1) is 0 Å². The summed E-state index contributed by atoms with van der Waals surface area (Å²) >= 11 is 5.79. The number of halogens is 1. The average Bonchev–Trinajstić information content (AvgIpc) is 2.36. The van der Waals surface area contributed by atoms with Crippen LogP contribution in [-0.2, 0) is 14.3 Å². The van der Waals surface area contributed by atoms with E-state index < -0.39 is 18.5 Å². The topological polar surface area (TPSA) is 79.2 Å². The summed E-state index contributed by atoms with van der Waals surface area (Å²) in [5.41, 5.74) is 1.33. The fourth-order valence-corrected chi connectivity index (χ4v) is 1.49. The van der Waals surface area contributed by atoms with Gasteiger partial charge < -0.3 is 10.1 Å². The van der Waals surface area contributed by atoms with Crippen molar-refractivity contribution < 1.29 is 14.3 Å². The van der Waals surface area contributed by atoms with E-state index in [2.05, 4.69) is 5.32 Å². The number of benzene rings is 1. The summed E-state index contributed by atoms with van der Waals surface area (Å²) < 4.78 is 4.75. The molecule has 20 heavy (non-hydrogen) atoms. The third-order valence-corrected chi connectivity index (χ3v) is 2.36. The molecule has 0 unspecified atom stereocenters. The van der Waals surface area contributed by atoms with Crippen LogP contribution in [0.1, 0.15) is 19.4 Å². The molecule has 1 aromatic rings. The standard InChI is InChI=1S/C14H13ClN2O3/c1-9(2)5-14(19)20-8-13(18)17-12-6-11(15)4-3-10(12)7-16/h3-6H,8H2,1-2H3,(H,17,18). The van der Waals surface area contributed by atoms with Gasteiger partial charge in [0.05, 0.1) is 11.3 Å². The summed E-state index contributed by atoms with van der Waals surface area (Å²) in [6, 6.07) is 6.42. The molecule has 0 aliphatic heterocycles. The molecule has 0 atom stereocenters. The first-order valence-corrected chi connectivity index (χ1v) is 6.11. The summed E-state index contributed by atoms with van der Waals surface area (Å²) in [5, 5.41) is 11.8. The number of esters is 1. The monoisotopic (exact) mass is 292 g/mol. The van der Waals surface area contributed by atoms with Gasteiger partial charge in [-0.2, -0.15) is 5.26 Å². The molecule has 5 nitrogen and oxygen atoms in total. The Kier molecular flexibility index (Phi) is 5.75. The van der Waals surface area contributed by atoms with Crippen molar-refractivity contribution in [2.45, 2.75) is 13.8 Å². The zero-order valence-corrected chi connectivity index (χ0v) is 11.8. The van der Waals surface area contributed by atoms with Crippen molar-refractivity contribution in [3.8, 4) is 6.07 Å². The number of rotatable bonds is 4. The van der Waals surface area contributed by atoms with E-state index in [9.17, 15) is 9.59 Å². The summed E-state index contributed by atoms with van der Waals surface area (Å²) in [4.78, 5) is 22.9. The number of allylic oxidation sites excluding steroid dienone is 1. The van der Waals surface area contributed by atoms with Crippen LogP contribution < -0.4 is 5.32 Å². The van der Waals surface area contributed by atoms with Gasteiger partial charge >= 0.3 is 5.97 Å². The van der Waals surface area contributed by atoms with E-state index >= 15 is 0 Å². The quantitative estimate of drug-likeness (QED) is 0.683. The highest BCUT2D eigenvalue weighted by atomic mass is 35.5. The fourth-order valence-electron chi connectivity index (χ4n) is 1.32. The highest BCUT2D eigenvalue weighted by Gasteiger charge is 2.09. The smallest absolute Gasteiger partial charge is 0.331 e. The Morgan fingerprint density at radius 2 is 2.15 bits per heavy atom. The molecule has 0 heterocycles. The molecule has 0 aliphatic rings. The first kappa shape index (κ1) is 15.7. The van der Waals surface area contributed by atoms with Crippen LogP contribution >= 0.6 is 11.6 Å². The number of hydrogen-bond acceptors (Lipinski definition) is 4. The molecule has 1 rings (SSSR count). The number of ether oxygens (including phenoxy) is 1. The molecule has 104 valence electrons. The molecule has 1 aromatic carbocycles. The fraction of sp³-hybridized carbons (Fsp3) is 0.214. The maximum atomic E-state index is 11.6. The normalized spacial score (nSPS) is 9.30. The first-order chi connectivity index (χ1) is 9.42. The van der Waals surface area contributed by atoms with E-state index in [0.29, 0.717) is 5.02 Å². The van der Waals surface area contributed by atoms with Crippen molar-refractivity contribution in [3.05, 3.63) is 40.4 Å². The lowest BCUT2D eigenvalue weighted by molar-refractivity contribution is -0.142. The van der Waals surface area contributed by atoms with E-state index in [1.165, 1.54) is 18.2 Å². The molecule has 0 saturated heterocycles. The lowest BCUT2D eigenvalue weighted by atomic mass is 10.2. The predicted octanol–water partition coefficient (Wildman–Crippen LogP) is 2.66. The Hall–Kier alpha value is -2.32. The molecule has 0 aliphatic carbocycles. The lowest BCUT2D eigenvalue weighted by Crippen LogP contribution is -2.20. The second-order valence-corrected chi connectivity index (χ2v) is 4.62. The van der Waals surface area contributed by atoms with Gasteiger partial charge in [-0.25, -0.2) is 4.79 Å². The molecule has 0 bridgehead atoms. The van der Waals surface area contributed by atoms with Crippen LogP contribution in [0.2, 0.25) is 5.02 Å². The van der Waals surface area contributed by atoms with Crippen molar-refractivity contribution in [1.29, 1.82) is 5.26 Å². The Balaban J connectivity index is 2.64. The van der Waals surface area contributed by atoms with Gasteiger partial charge in [-0.05, 0) is 32.0 Å². The van der Waals surface area contributed by atoms with Gasteiger partial charge in [0, 0.05) is 11.1 Å². The Labute approximate surface area is 121 Å². The summed E-state index contributed by atoms with van der Waals surface area (Å²) in [7, 11) is 0. The first-order valence-electron chi connectivity index (χ1n) is 5.73. The Morgan fingerprint density at radius 3 is 2.75 bits per heavy atom. The minimum absolute atomic E-state index is 0.276. The number of amides is 1. The van der Waals surface area contributed by atoms with E-state index in [0.717, 1.165) is 5.57 Å². The third-order valence-electron chi connectivity index (χ3n) is 2.13. The van der Waals surface area contributed by atoms with E-state index in [1.807, 2.05) is 6.07 Å². The number of anilines is 1. The van der Waals surface area contributed by atoms with Crippen LogP contribution in [0.5, 0.6) is 0 Å². The Morgan fingerprint density at radius 1 is 1.45 bits per heavy atom. The van der Waals surface area contributed by atoms with Gasteiger partial charge in [0.2, 0.25) is 0 Å². The van der Waals surface area contributed by atoms with Crippen LogP contribution in [0.4, 0.5) is 5.69 Å². The zero-order chi connectivity index (χ0) is 15.1. The average molecular weight is 293 g/mol. The van der Waals surface area contributed by atoms with Crippen LogP contribution in [0.3, 0.4) is 0 Å². The molecule has 0 saturated carbocycles. The minimum atomic E-state index is -0.591. The summed E-state index contributed by atoms with van der Waals surface area (Å²) in [6.07, 6.45) is 1.29. The zero-order valence-electron chi connectivity index (χ0n) is 11.1. The number of nitrogens with one attached hydrogen (secondary N) is 1. The largest absolute Gasteiger partial charge is 0.452 e. The number of hydrogen-bond donors (Lipinski definition) is 1. The van der Waals surface area contributed by atoms with E-state index in [4.69, 9.17) is 21.6 Å². The van der Waals surface area contributed by atoms with Gasteiger partial charge in [0.25, 0.3) is 5.91 Å². The van der Waals surface area contributed by atoms with Crippen molar-refractivity contribution in [3.63, 3.8) is 0 Å². The van der Waals surface area contributed by atoms with E-state index in [-0.39, 0.29) is 11.3 Å². The molecular weight excluding hydrogens is 280 g/mol. The second kappa shape index (κ2) is 7.31. The third kappa shape index (κ3) is 5.12. The molecule has 0 spiro atoms. The van der Waals surface area contributed by atoms with Gasteiger partial charge in [-0.1, -0.05) is 17.2 Å². The maximum Gasteiger partial charge on any atom is 0.331 e. The Bertz CT molecular complexity index is 599. The van der Waals surface area contributed by atoms with Crippen molar-refractivity contribution in [2.24, 2.45) is 0 Å². The van der Waals surface area contributed by atoms with Crippen molar-refractivity contribution in [2.75, 3.05) is 11.9 Å². The summed E-state index contributed by atoms with van der Waals surface area (Å²) in [5.74, 6) is -1.13. The molecule has 1 amide bonds. The highest BCUT2D eigenvalue weighted by Crippen LogP contribution is 2.20. The molecule has 0 aromatic heterocycles. The van der Waals surface area contributed by atoms with Gasteiger partial charge in [0.15, 0.2) is 6.61 Å². The molecular formula is C14H13ClN2O3. The number of carbonyl (C=O) groups is 2. The number of nitriles is 1. The van der Waals surface area contributed by atoms with E-state index in [1.54, 1.807) is 19.9 Å². The van der Waals surface area contributed by atoms with Crippen LogP contribution in [0.25, 0.3) is 0 Å². The molecule has 0 fully saturated rings. The van der Waals surface area contributed by atoms with Gasteiger partial charge in [0.1, 0.15) is 6.07 Å². The minimum Gasteiger partial charge on any atom is -0.452 e. The highest BCUT2D eigenvalue weighted by molar-refractivity contribution is 6.31. The SMILES string of the molecule is CC(C)=CC(=O)OCC(=O)Nc1cc(Cl)ccc1C#N. The number of nitrogens with zero attached hydrogens (tertiary/aromatic N) is 1. The molecule has 0 radical (unpaired) electrons.